The van der Waals surface area contributed by atoms with Crippen molar-refractivity contribution < 1.29 is 4.79 Å². The monoisotopic (exact) mass is 391 g/mol. The number of nitrogens with zero attached hydrogens (tertiary/aromatic N) is 1. The van der Waals surface area contributed by atoms with Crippen molar-refractivity contribution in [3.8, 4) is 0 Å². The Bertz CT molecular complexity index is 932. The van der Waals surface area contributed by atoms with Crippen molar-refractivity contribution in [2.75, 3.05) is 19.3 Å². The van der Waals surface area contributed by atoms with Gasteiger partial charge in [0, 0.05) is 36.4 Å². The summed E-state index contributed by atoms with van der Waals surface area (Å²) in [5, 5.41) is 6.90. The molecule has 29 heavy (non-hydrogen) atoms. The zero-order valence-corrected chi connectivity index (χ0v) is 17.2. The number of aryl methyl sites for hydroxylation is 1. The van der Waals surface area contributed by atoms with Gasteiger partial charge in [0.1, 0.15) is 5.70 Å². The normalized spacial score (nSPS) is 11.1. The quantitative estimate of drug-likeness (QED) is 0.395. The second kappa shape index (κ2) is 10.7. The standard InChI is InChI=1S/C14H22N4O.C9H7N/c1-4-8-18-14(19)12(16)13(17-3)10-7-5-6-9(2)11(10)15;1-2-6-9-8(4-1)5-3-7-10-9/h5-7,17H,4,8,15-16H2,1-3H3,(H,18,19);1-7H/b13-12+;. The van der Waals surface area contributed by atoms with E-state index in [1.165, 1.54) is 5.39 Å². The lowest BCUT2D eigenvalue weighted by atomic mass is 10.0. The van der Waals surface area contributed by atoms with E-state index in [9.17, 15) is 4.79 Å². The fraction of sp³-hybridized carbons (Fsp3) is 0.217. The van der Waals surface area contributed by atoms with Crippen LogP contribution in [0.15, 0.2) is 66.5 Å². The zero-order valence-electron chi connectivity index (χ0n) is 17.2. The molecule has 6 heteroatoms. The van der Waals surface area contributed by atoms with Gasteiger partial charge in [-0.3, -0.25) is 9.78 Å². The Morgan fingerprint density at radius 1 is 1.07 bits per heavy atom. The van der Waals surface area contributed by atoms with E-state index in [-0.39, 0.29) is 11.6 Å². The summed E-state index contributed by atoms with van der Waals surface area (Å²) in [6.45, 7) is 4.50. The van der Waals surface area contributed by atoms with Crippen LogP contribution in [0.3, 0.4) is 0 Å². The minimum Gasteiger partial charge on any atom is -0.398 e. The van der Waals surface area contributed by atoms with Crippen molar-refractivity contribution in [3.05, 3.63) is 77.6 Å². The summed E-state index contributed by atoms with van der Waals surface area (Å²) >= 11 is 0. The van der Waals surface area contributed by atoms with Gasteiger partial charge in [-0.2, -0.15) is 0 Å². The smallest absolute Gasteiger partial charge is 0.269 e. The molecule has 3 aromatic rings. The fourth-order valence-electron chi connectivity index (χ4n) is 2.78. The summed E-state index contributed by atoms with van der Waals surface area (Å²) in [6, 6.07) is 17.7. The fourth-order valence-corrected chi connectivity index (χ4v) is 2.78. The molecule has 0 radical (unpaired) electrons. The molecule has 6 N–H and O–H groups in total. The summed E-state index contributed by atoms with van der Waals surface area (Å²) in [4.78, 5) is 16.1. The average molecular weight is 392 g/mol. The molecule has 1 aromatic heterocycles. The van der Waals surface area contributed by atoms with E-state index in [0.717, 1.165) is 23.1 Å². The van der Waals surface area contributed by atoms with Crippen molar-refractivity contribution in [2.45, 2.75) is 20.3 Å². The second-order valence-corrected chi connectivity index (χ2v) is 6.53. The number of fused-ring (bicyclic) bond motifs is 1. The number of hydrogen-bond donors (Lipinski definition) is 4. The van der Waals surface area contributed by atoms with Gasteiger partial charge in [0.15, 0.2) is 0 Å². The minimum absolute atomic E-state index is 0.147. The molecule has 1 amide bonds. The van der Waals surface area contributed by atoms with Crippen molar-refractivity contribution in [2.24, 2.45) is 5.73 Å². The number of rotatable bonds is 5. The molecule has 1 heterocycles. The highest BCUT2D eigenvalue weighted by atomic mass is 16.2. The van der Waals surface area contributed by atoms with E-state index in [1.54, 1.807) is 7.05 Å². The molecule has 0 aliphatic carbocycles. The lowest BCUT2D eigenvalue weighted by Gasteiger charge is -2.15. The van der Waals surface area contributed by atoms with E-state index < -0.39 is 0 Å². The van der Waals surface area contributed by atoms with Crippen LogP contribution in [-0.4, -0.2) is 24.5 Å². The Balaban J connectivity index is 0.000000248. The van der Waals surface area contributed by atoms with Crippen LogP contribution in [-0.2, 0) is 4.79 Å². The number of hydrogen-bond acceptors (Lipinski definition) is 5. The molecule has 6 nitrogen and oxygen atoms in total. The Morgan fingerprint density at radius 2 is 1.79 bits per heavy atom. The first-order valence-corrected chi connectivity index (χ1v) is 9.60. The lowest BCUT2D eigenvalue weighted by Crippen LogP contribution is -2.32. The number of aromatic nitrogens is 1. The van der Waals surface area contributed by atoms with Crippen molar-refractivity contribution >= 4 is 28.2 Å². The zero-order chi connectivity index (χ0) is 21.2. The molecule has 0 atom stereocenters. The topological polar surface area (TPSA) is 106 Å². The summed E-state index contributed by atoms with van der Waals surface area (Å²) in [6.07, 6.45) is 2.67. The summed E-state index contributed by atoms with van der Waals surface area (Å²) in [5.74, 6) is -0.285. The number of carbonyl (C=O) groups is 1. The number of nitrogens with two attached hydrogens (primary N) is 2. The van der Waals surface area contributed by atoms with E-state index in [2.05, 4.69) is 27.8 Å². The highest BCUT2D eigenvalue weighted by molar-refractivity contribution is 6.01. The number of anilines is 1. The van der Waals surface area contributed by atoms with E-state index in [4.69, 9.17) is 11.5 Å². The van der Waals surface area contributed by atoms with Gasteiger partial charge in [-0.05, 0) is 31.0 Å². The number of pyridine rings is 1. The first kappa shape index (κ1) is 21.8. The molecule has 0 spiro atoms. The number of carbonyl (C=O) groups excluding carboxylic acids is 1. The van der Waals surface area contributed by atoms with Crippen LogP contribution in [0.5, 0.6) is 0 Å². The van der Waals surface area contributed by atoms with Gasteiger partial charge in [-0.25, -0.2) is 0 Å². The van der Waals surface area contributed by atoms with Crippen LogP contribution in [0.1, 0.15) is 24.5 Å². The molecule has 0 aliphatic rings. The number of nitrogens with one attached hydrogen (secondary N) is 2. The summed E-state index contributed by atoms with van der Waals surface area (Å²) < 4.78 is 0. The van der Waals surface area contributed by atoms with Crippen molar-refractivity contribution in [1.29, 1.82) is 0 Å². The van der Waals surface area contributed by atoms with Gasteiger partial charge in [0.05, 0.1) is 11.2 Å². The summed E-state index contributed by atoms with van der Waals surface area (Å²) in [5.41, 5.74) is 16.0. The molecule has 0 saturated carbocycles. The predicted octanol–water partition coefficient (Wildman–Crippen LogP) is 3.18. The van der Waals surface area contributed by atoms with Gasteiger partial charge in [0.25, 0.3) is 5.91 Å². The van der Waals surface area contributed by atoms with E-state index in [0.29, 0.717) is 17.9 Å². The highest BCUT2D eigenvalue weighted by Crippen LogP contribution is 2.23. The average Bonchev–Trinajstić information content (AvgIpc) is 2.75. The third-order valence-electron chi connectivity index (χ3n) is 4.41. The molecule has 2 aromatic carbocycles. The molecule has 0 fully saturated rings. The lowest BCUT2D eigenvalue weighted by molar-refractivity contribution is -0.117. The highest BCUT2D eigenvalue weighted by Gasteiger charge is 2.15. The van der Waals surface area contributed by atoms with Crippen LogP contribution in [0.2, 0.25) is 0 Å². The predicted molar refractivity (Wildman–Crippen MR) is 121 cm³/mol. The number of amides is 1. The molecule has 0 unspecified atom stereocenters. The molecule has 0 saturated heterocycles. The minimum atomic E-state index is -0.285. The molecule has 0 aliphatic heterocycles. The first-order chi connectivity index (χ1) is 14.0. The van der Waals surface area contributed by atoms with Gasteiger partial charge in [-0.1, -0.05) is 49.4 Å². The van der Waals surface area contributed by atoms with Gasteiger partial charge in [-0.15, -0.1) is 0 Å². The Kier molecular flexibility index (Phi) is 8.03. The van der Waals surface area contributed by atoms with Crippen LogP contribution < -0.4 is 22.1 Å². The van der Waals surface area contributed by atoms with Gasteiger partial charge < -0.3 is 22.1 Å². The largest absolute Gasteiger partial charge is 0.398 e. The van der Waals surface area contributed by atoms with E-state index in [1.807, 2.05) is 62.5 Å². The third kappa shape index (κ3) is 5.72. The van der Waals surface area contributed by atoms with Crippen molar-refractivity contribution in [3.63, 3.8) is 0 Å². The molecule has 0 bridgehead atoms. The maximum Gasteiger partial charge on any atom is 0.269 e. The third-order valence-corrected chi connectivity index (χ3v) is 4.41. The van der Waals surface area contributed by atoms with Crippen molar-refractivity contribution in [1.82, 2.24) is 15.6 Å². The maximum atomic E-state index is 11.9. The Labute approximate surface area is 172 Å². The number of para-hydroxylation sites is 2. The van der Waals surface area contributed by atoms with Crippen LogP contribution in [0, 0.1) is 6.92 Å². The Hall–Kier alpha value is -3.54. The molecular formula is C23H29N5O. The van der Waals surface area contributed by atoms with Crippen LogP contribution in [0.4, 0.5) is 5.69 Å². The van der Waals surface area contributed by atoms with E-state index >= 15 is 0 Å². The Morgan fingerprint density at radius 3 is 2.48 bits per heavy atom. The number of nitrogen functional groups attached to an aromatic ring is 1. The van der Waals surface area contributed by atoms with Gasteiger partial charge >= 0.3 is 0 Å². The molecular weight excluding hydrogens is 362 g/mol. The first-order valence-electron chi connectivity index (χ1n) is 9.60. The van der Waals surface area contributed by atoms with Gasteiger partial charge in [0.2, 0.25) is 0 Å². The molecule has 3 rings (SSSR count). The second-order valence-electron chi connectivity index (χ2n) is 6.53. The summed E-state index contributed by atoms with van der Waals surface area (Å²) in [7, 11) is 1.72. The SMILES string of the molecule is CCCNC(=O)/C(N)=C(\NC)c1cccc(C)c1N.c1ccc2ncccc2c1. The maximum absolute atomic E-state index is 11.9. The van der Waals surface area contributed by atoms with Crippen LogP contribution in [0.25, 0.3) is 16.6 Å². The molecule has 152 valence electrons. The van der Waals surface area contributed by atoms with Crippen LogP contribution >= 0.6 is 0 Å². The number of benzene rings is 2.